The summed E-state index contributed by atoms with van der Waals surface area (Å²) < 4.78 is 4.74. The highest BCUT2D eigenvalue weighted by atomic mass is 127. The van der Waals surface area contributed by atoms with Crippen LogP contribution in [0.25, 0.3) is 0 Å². The number of piperidine rings is 1. The molecule has 2 rings (SSSR count). The Kier molecular flexibility index (Phi) is 9.05. The second-order valence-electron chi connectivity index (χ2n) is 5.61. The minimum atomic E-state index is -0.267. The number of methoxy groups -OCH3 is 1. The van der Waals surface area contributed by atoms with Crippen molar-refractivity contribution < 1.29 is 9.53 Å². The Morgan fingerprint density at radius 1 is 1.36 bits per heavy atom. The molecule has 0 unspecified atom stereocenters. The Bertz CT molecular complexity index is 619. The highest BCUT2D eigenvalue weighted by molar-refractivity contribution is 14.0. The standard InChI is InChI=1S/C17H23N5O2.HI/c1-19-16(20-12-14-5-3-13(11-18)4-6-14)21-15-7-9-22(10-8-15)17(23)24-2;/h3-6,15H,7-10,12H2,1-2H3,(H2,19,20,21);1H. The average molecular weight is 457 g/mol. The molecule has 1 aromatic rings. The molecule has 25 heavy (non-hydrogen) atoms. The summed E-state index contributed by atoms with van der Waals surface area (Å²) in [4.78, 5) is 17.4. The fourth-order valence-electron chi connectivity index (χ4n) is 2.61. The minimum absolute atomic E-state index is 0. The number of ether oxygens (including phenoxy) is 1. The van der Waals surface area contributed by atoms with Crippen LogP contribution in [0.4, 0.5) is 4.79 Å². The molecule has 0 spiro atoms. The molecule has 8 heteroatoms. The van der Waals surface area contributed by atoms with Gasteiger partial charge in [-0.25, -0.2) is 4.79 Å². The molecule has 0 saturated carbocycles. The molecule has 0 radical (unpaired) electrons. The first kappa shape index (κ1) is 21.0. The van der Waals surface area contributed by atoms with E-state index in [-0.39, 0.29) is 36.1 Å². The van der Waals surface area contributed by atoms with Gasteiger partial charge in [-0.1, -0.05) is 12.1 Å². The third kappa shape index (κ3) is 6.42. The van der Waals surface area contributed by atoms with Crippen LogP contribution in [0, 0.1) is 11.3 Å². The van der Waals surface area contributed by atoms with E-state index in [1.165, 1.54) is 7.11 Å². The lowest BCUT2D eigenvalue weighted by Gasteiger charge is -2.32. The first-order chi connectivity index (χ1) is 11.7. The van der Waals surface area contributed by atoms with Crippen molar-refractivity contribution in [2.75, 3.05) is 27.2 Å². The van der Waals surface area contributed by atoms with Crippen molar-refractivity contribution in [3.63, 3.8) is 0 Å². The Hall–Kier alpha value is -2.02. The Labute approximate surface area is 165 Å². The second-order valence-corrected chi connectivity index (χ2v) is 5.61. The number of benzene rings is 1. The summed E-state index contributed by atoms with van der Waals surface area (Å²) in [6.07, 6.45) is 1.44. The van der Waals surface area contributed by atoms with Gasteiger partial charge < -0.3 is 20.3 Å². The molecule has 7 nitrogen and oxygen atoms in total. The van der Waals surface area contributed by atoms with Crippen molar-refractivity contribution in [3.8, 4) is 6.07 Å². The van der Waals surface area contributed by atoms with E-state index in [2.05, 4.69) is 21.7 Å². The lowest BCUT2D eigenvalue weighted by atomic mass is 10.1. The van der Waals surface area contributed by atoms with E-state index in [9.17, 15) is 4.79 Å². The molecule has 0 bridgehead atoms. The third-order valence-corrected chi connectivity index (χ3v) is 4.04. The van der Waals surface area contributed by atoms with Gasteiger partial charge in [-0.3, -0.25) is 4.99 Å². The van der Waals surface area contributed by atoms with Crippen LogP contribution in [0.2, 0.25) is 0 Å². The summed E-state index contributed by atoms with van der Waals surface area (Å²) in [6, 6.07) is 9.83. The number of aliphatic imine (C=N–C) groups is 1. The molecule has 136 valence electrons. The van der Waals surface area contributed by atoms with Gasteiger partial charge in [-0.15, -0.1) is 24.0 Å². The summed E-state index contributed by atoms with van der Waals surface area (Å²) in [7, 11) is 3.14. The maximum absolute atomic E-state index is 11.5. The number of nitriles is 1. The predicted molar refractivity (Wildman–Crippen MR) is 107 cm³/mol. The molecule has 1 aliphatic heterocycles. The van der Waals surface area contributed by atoms with E-state index >= 15 is 0 Å². The zero-order chi connectivity index (χ0) is 17.4. The lowest BCUT2D eigenvalue weighted by Crippen LogP contribution is -2.49. The summed E-state index contributed by atoms with van der Waals surface area (Å²) >= 11 is 0. The number of halogens is 1. The van der Waals surface area contributed by atoms with Gasteiger partial charge in [0.2, 0.25) is 0 Å². The van der Waals surface area contributed by atoms with Crippen LogP contribution in [-0.4, -0.2) is 50.2 Å². The van der Waals surface area contributed by atoms with Crippen LogP contribution in [0.3, 0.4) is 0 Å². The van der Waals surface area contributed by atoms with Gasteiger partial charge in [0.1, 0.15) is 0 Å². The van der Waals surface area contributed by atoms with Crippen molar-refractivity contribution in [1.82, 2.24) is 15.5 Å². The highest BCUT2D eigenvalue weighted by Crippen LogP contribution is 2.11. The van der Waals surface area contributed by atoms with Crippen LogP contribution in [-0.2, 0) is 11.3 Å². The Morgan fingerprint density at radius 2 is 2.00 bits per heavy atom. The van der Waals surface area contributed by atoms with E-state index < -0.39 is 0 Å². The van der Waals surface area contributed by atoms with Crippen molar-refractivity contribution in [2.45, 2.75) is 25.4 Å². The zero-order valence-corrected chi connectivity index (χ0v) is 16.8. The number of carbonyl (C=O) groups is 1. The first-order valence-electron chi connectivity index (χ1n) is 7.95. The maximum atomic E-state index is 11.5. The second kappa shape index (κ2) is 10.8. The van der Waals surface area contributed by atoms with Crippen LogP contribution in [0.1, 0.15) is 24.0 Å². The first-order valence-corrected chi connectivity index (χ1v) is 7.95. The SMILES string of the molecule is CN=C(NCc1ccc(C#N)cc1)NC1CCN(C(=O)OC)CC1.I. The lowest BCUT2D eigenvalue weighted by molar-refractivity contribution is 0.111. The molecular formula is C17H24IN5O2. The number of hydrogen-bond donors (Lipinski definition) is 2. The smallest absolute Gasteiger partial charge is 0.409 e. The molecule has 0 atom stereocenters. The fraction of sp³-hybridized carbons (Fsp3) is 0.471. The fourth-order valence-corrected chi connectivity index (χ4v) is 2.61. The number of amides is 1. The summed E-state index contributed by atoms with van der Waals surface area (Å²) in [5.41, 5.74) is 1.73. The van der Waals surface area contributed by atoms with Gasteiger partial charge in [-0.05, 0) is 30.5 Å². The van der Waals surface area contributed by atoms with Gasteiger partial charge in [0.25, 0.3) is 0 Å². The zero-order valence-electron chi connectivity index (χ0n) is 14.5. The molecular weight excluding hydrogens is 433 g/mol. The molecule has 1 aliphatic rings. The number of guanidine groups is 1. The number of nitrogens with one attached hydrogen (secondary N) is 2. The van der Waals surface area contributed by atoms with Crippen molar-refractivity contribution in [2.24, 2.45) is 4.99 Å². The summed E-state index contributed by atoms with van der Waals surface area (Å²) in [5.74, 6) is 0.732. The minimum Gasteiger partial charge on any atom is -0.453 e. The van der Waals surface area contributed by atoms with Gasteiger partial charge >= 0.3 is 6.09 Å². The van der Waals surface area contributed by atoms with Crippen LogP contribution >= 0.6 is 24.0 Å². The normalized spacial score (nSPS) is 14.9. The maximum Gasteiger partial charge on any atom is 0.409 e. The third-order valence-electron chi connectivity index (χ3n) is 4.04. The van der Waals surface area contributed by atoms with Crippen LogP contribution in [0.15, 0.2) is 29.3 Å². The van der Waals surface area contributed by atoms with E-state index in [4.69, 9.17) is 10.00 Å². The van der Waals surface area contributed by atoms with Gasteiger partial charge in [0.15, 0.2) is 5.96 Å². The monoisotopic (exact) mass is 457 g/mol. The van der Waals surface area contributed by atoms with Crippen LogP contribution in [0.5, 0.6) is 0 Å². The summed E-state index contributed by atoms with van der Waals surface area (Å²) in [6.45, 7) is 1.99. The molecule has 1 fully saturated rings. The van der Waals surface area contributed by atoms with Crippen molar-refractivity contribution in [1.29, 1.82) is 5.26 Å². The van der Waals surface area contributed by atoms with Crippen molar-refractivity contribution >= 4 is 36.0 Å². The largest absolute Gasteiger partial charge is 0.453 e. The Balaban J connectivity index is 0.00000312. The Morgan fingerprint density at radius 3 is 2.52 bits per heavy atom. The molecule has 1 amide bonds. The molecule has 1 saturated heterocycles. The van der Waals surface area contributed by atoms with E-state index in [0.29, 0.717) is 25.2 Å². The number of rotatable bonds is 3. The number of nitrogens with zero attached hydrogens (tertiary/aromatic N) is 3. The van der Waals surface area contributed by atoms with E-state index in [1.54, 1.807) is 24.1 Å². The number of likely N-dealkylation sites (tertiary alicyclic amines) is 1. The van der Waals surface area contributed by atoms with Crippen molar-refractivity contribution in [3.05, 3.63) is 35.4 Å². The molecule has 2 N–H and O–H groups in total. The molecule has 1 heterocycles. The molecule has 0 aromatic heterocycles. The average Bonchev–Trinajstić information content (AvgIpc) is 2.65. The molecule has 0 aliphatic carbocycles. The van der Waals surface area contributed by atoms with Gasteiger partial charge in [-0.2, -0.15) is 5.26 Å². The number of hydrogen-bond acceptors (Lipinski definition) is 4. The van der Waals surface area contributed by atoms with Gasteiger partial charge in [0, 0.05) is 32.7 Å². The van der Waals surface area contributed by atoms with E-state index in [0.717, 1.165) is 24.4 Å². The topological polar surface area (TPSA) is 89.8 Å². The predicted octanol–water partition coefficient (Wildman–Crippen LogP) is 2.07. The number of carbonyl (C=O) groups excluding carboxylic acids is 1. The highest BCUT2D eigenvalue weighted by Gasteiger charge is 2.23. The summed E-state index contributed by atoms with van der Waals surface area (Å²) in [5, 5.41) is 15.5. The van der Waals surface area contributed by atoms with Crippen LogP contribution < -0.4 is 10.6 Å². The van der Waals surface area contributed by atoms with E-state index in [1.807, 2.05) is 12.1 Å². The van der Waals surface area contributed by atoms with Gasteiger partial charge in [0.05, 0.1) is 18.7 Å². The molecule has 1 aromatic carbocycles. The quantitative estimate of drug-likeness (QED) is 0.412.